The molecule has 0 fully saturated rings. The summed E-state index contributed by atoms with van der Waals surface area (Å²) < 4.78 is 0. The number of nitrogen functional groups attached to an aromatic ring is 1. The number of anilines is 2. The van der Waals surface area contributed by atoms with Crippen LogP contribution >= 0.6 is 0 Å². The SMILES string of the molecule is Cc1ccc2c(c1)CCCN2C(=O)c1ccc(N)c(C)c1. The molecule has 3 nitrogen and oxygen atoms in total. The molecule has 0 unspecified atom stereocenters. The molecule has 0 saturated heterocycles. The molecule has 3 heteroatoms. The number of aryl methyl sites for hydroxylation is 3. The lowest BCUT2D eigenvalue weighted by atomic mass is 9.98. The van der Waals surface area contributed by atoms with E-state index in [1.54, 1.807) is 0 Å². The summed E-state index contributed by atoms with van der Waals surface area (Å²) in [4.78, 5) is 14.7. The van der Waals surface area contributed by atoms with E-state index in [9.17, 15) is 4.79 Å². The van der Waals surface area contributed by atoms with Crippen molar-refractivity contribution in [3.8, 4) is 0 Å². The molecule has 108 valence electrons. The number of nitrogens with zero attached hydrogens (tertiary/aromatic N) is 1. The van der Waals surface area contributed by atoms with Crippen LogP contribution in [-0.2, 0) is 6.42 Å². The third kappa shape index (κ3) is 2.51. The first kappa shape index (κ1) is 13.7. The average molecular weight is 280 g/mol. The van der Waals surface area contributed by atoms with Gasteiger partial charge in [-0.25, -0.2) is 0 Å². The van der Waals surface area contributed by atoms with Crippen LogP contribution in [0.4, 0.5) is 11.4 Å². The minimum Gasteiger partial charge on any atom is -0.399 e. The number of carbonyl (C=O) groups is 1. The summed E-state index contributed by atoms with van der Waals surface area (Å²) in [7, 11) is 0. The molecule has 0 radical (unpaired) electrons. The fourth-order valence-electron chi connectivity index (χ4n) is 2.90. The van der Waals surface area contributed by atoms with Crippen LogP contribution in [0.25, 0.3) is 0 Å². The topological polar surface area (TPSA) is 46.3 Å². The Morgan fingerprint density at radius 1 is 1.14 bits per heavy atom. The van der Waals surface area contributed by atoms with E-state index in [0.29, 0.717) is 5.56 Å². The molecule has 2 aromatic carbocycles. The van der Waals surface area contributed by atoms with Crippen molar-refractivity contribution in [2.75, 3.05) is 17.2 Å². The zero-order chi connectivity index (χ0) is 15.0. The molecule has 0 atom stereocenters. The predicted octanol–water partition coefficient (Wildman–Crippen LogP) is 3.48. The van der Waals surface area contributed by atoms with Crippen molar-refractivity contribution in [2.24, 2.45) is 0 Å². The fourth-order valence-corrected chi connectivity index (χ4v) is 2.90. The van der Waals surface area contributed by atoms with E-state index in [1.807, 2.05) is 30.0 Å². The Labute approximate surface area is 125 Å². The van der Waals surface area contributed by atoms with Gasteiger partial charge in [0, 0.05) is 23.5 Å². The van der Waals surface area contributed by atoms with E-state index in [-0.39, 0.29) is 5.91 Å². The molecular weight excluding hydrogens is 260 g/mol. The number of fused-ring (bicyclic) bond motifs is 1. The second kappa shape index (κ2) is 5.24. The molecule has 21 heavy (non-hydrogen) atoms. The van der Waals surface area contributed by atoms with Crippen LogP contribution in [-0.4, -0.2) is 12.5 Å². The fraction of sp³-hybridized carbons (Fsp3) is 0.278. The summed E-state index contributed by atoms with van der Waals surface area (Å²) in [6.07, 6.45) is 2.05. The van der Waals surface area contributed by atoms with E-state index >= 15 is 0 Å². The molecule has 3 rings (SSSR count). The highest BCUT2D eigenvalue weighted by Crippen LogP contribution is 2.29. The van der Waals surface area contributed by atoms with Crippen molar-refractivity contribution < 1.29 is 4.79 Å². The smallest absolute Gasteiger partial charge is 0.258 e. The predicted molar refractivity (Wildman–Crippen MR) is 86.8 cm³/mol. The highest BCUT2D eigenvalue weighted by atomic mass is 16.2. The highest BCUT2D eigenvalue weighted by Gasteiger charge is 2.23. The zero-order valence-electron chi connectivity index (χ0n) is 12.5. The molecule has 1 amide bonds. The quantitative estimate of drug-likeness (QED) is 0.813. The van der Waals surface area contributed by atoms with E-state index in [2.05, 4.69) is 25.1 Å². The Kier molecular flexibility index (Phi) is 3.42. The normalized spacial score (nSPS) is 13.9. The summed E-state index contributed by atoms with van der Waals surface area (Å²) >= 11 is 0. The van der Waals surface area contributed by atoms with Gasteiger partial charge in [-0.1, -0.05) is 17.7 Å². The Balaban J connectivity index is 1.98. The van der Waals surface area contributed by atoms with E-state index in [4.69, 9.17) is 5.73 Å². The van der Waals surface area contributed by atoms with Gasteiger partial charge in [0.1, 0.15) is 0 Å². The molecule has 0 spiro atoms. The van der Waals surface area contributed by atoms with Crippen LogP contribution in [0, 0.1) is 13.8 Å². The van der Waals surface area contributed by atoms with Crippen molar-refractivity contribution in [2.45, 2.75) is 26.7 Å². The molecule has 0 saturated carbocycles. The van der Waals surface area contributed by atoms with E-state index in [0.717, 1.165) is 36.3 Å². The lowest BCUT2D eigenvalue weighted by Crippen LogP contribution is -2.35. The van der Waals surface area contributed by atoms with Crippen molar-refractivity contribution in [3.05, 3.63) is 58.7 Å². The van der Waals surface area contributed by atoms with Gasteiger partial charge in [0.25, 0.3) is 5.91 Å². The average Bonchev–Trinajstić information content (AvgIpc) is 2.48. The lowest BCUT2D eigenvalue weighted by molar-refractivity contribution is 0.0985. The molecule has 1 heterocycles. The van der Waals surface area contributed by atoms with E-state index in [1.165, 1.54) is 11.1 Å². The first-order valence-electron chi connectivity index (χ1n) is 7.34. The first-order valence-corrected chi connectivity index (χ1v) is 7.34. The van der Waals surface area contributed by atoms with Crippen molar-refractivity contribution in [1.82, 2.24) is 0 Å². The lowest BCUT2D eigenvalue weighted by Gasteiger charge is -2.30. The maximum Gasteiger partial charge on any atom is 0.258 e. The molecule has 0 bridgehead atoms. The minimum absolute atomic E-state index is 0.0582. The van der Waals surface area contributed by atoms with Crippen LogP contribution in [0.1, 0.15) is 33.5 Å². The van der Waals surface area contributed by atoms with Gasteiger partial charge in [-0.2, -0.15) is 0 Å². The van der Waals surface area contributed by atoms with Crippen LogP contribution in [0.2, 0.25) is 0 Å². The number of nitrogens with two attached hydrogens (primary N) is 1. The number of amides is 1. The van der Waals surface area contributed by atoms with E-state index < -0.39 is 0 Å². The third-order valence-corrected chi connectivity index (χ3v) is 4.12. The largest absolute Gasteiger partial charge is 0.399 e. The maximum atomic E-state index is 12.8. The monoisotopic (exact) mass is 280 g/mol. The molecule has 0 aromatic heterocycles. The Morgan fingerprint density at radius 2 is 1.95 bits per heavy atom. The Hall–Kier alpha value is -2.29. The van der Waals surface area contributed by atoms with Crippen molar-refractivity contribution in [3.63, 3.8) is 0 Å². The van der Waals surface area contributed by atoms with Gasteiger partial charge in [-0.15, -0.1) is 0 Å². The molecule has 2 N–H and O–H groups in total. The standard InChI is InChI=1S/C18H20N2O/c1-12-5-8-17-14(10-12)4-3-9-20(17)18(21)15-6-7-16(19)13(2)11-15/h5-8,10-11H,3-4,9,19H2,1-2H3. The second-order valence-corrected chi connectivity index (χ2v) is 5.76. The van der Waals surface area contributed by atoms with Gasteiger partial charge >= 0.3 is 0 Å². The maximum absolute atomic E-state index is 12.8. The summed E-state index contributed by atoms with van der Waals surface area (Å²) in [6.45, 7) is 4.79. The van der Waals surface area contributed by atoms with Gasteiger partial charge in [-0.05, 0) is 62.1 Å². The third-order valence-electron chi connectivity index (χ3n) is 4.12. The van der Waals surface area contributed by atoms with Gasteiger partial charge in [0.15, 0.2) is 0 Å². The number of hydrogen-bond donors (Lipinski definition) is 1. The Morgan fingerprint density at radius 3 is 2.71 bits per heavy atom. The number of carbonyl (C=O) groups excluding carboxylic acids is 1. The second-order valence-electron chi connectivity index (χ2n) is 5.76. The van der Waals surface area contributed by atoms with Gasteiger partial charge in [0.2, 0.25) is 0 Å². The summed E-state index contributed by atoms with van der Waals surface area (Å²) in [6, 6.07) is 11.8. The molecular formula is C18H20N2O. The number of benzene rings is 2. The molecule has 0 aliphatic carbocycles. The number of rotatable bonds is 1. The molecule has 2 aromatic rings. The summed E-state index contributed by atoms with van der Waals surface area (Å²) in [5.74, 6) is 0.0582. The molecule has 1 aliphatic rings. The van der Waals surface area contributed by atoms with Gasteiger partial charge in [0.05, 0.1) is 0 Å². The summed E-state index contributed by atoms with van der Waals surface area (Å²) in [5.41, 5.74) is 11.8. The van der Waals surface area contributed by atoms with Gasteiger partial charge in [-0.3, -0.25) is 4.79 Å². The van der Waals surface area contributed by atoms with Crippen molar-refractivity contribution >= 4 is 17.3 Å². The number of hydrogen-bond acceptors (Lipinski definition) is 2. The van der Waals surface area contributed by atoms with Crippen LogP contribution in [0.3, 0.4) is 0 Å². The van der Waals surface area contributed by atoms with Crippen LogP contribution in [0.5, 0.6) is 0 Å². The molecule has 1 aliphatic heterocycles. The minimum atomic E-state index is 0.0582. The first-order chi connectivity index (χ1) is 10.1. The zero-order valence-corrected chi connectivity index (χ0v) is 12.5. The van der Waals surface area contributed by atoms with Gasteiger partial charge < -0.3 is 10.6 Å². The van der Waals surface area contributed by atoms with Crippen molar-refractivity contribution in [1.29, 1.82) is 0 Å². The Bertz CT molecular complexity index is 706. The summed E-state index contributed by atoms with van der Waals surface area (Å²) in [5, 5.41) is 0. The highest BCUT2D eigenvalue weighted by molar-refractivity contribution is 6.07. The van der Waals surface area contributed by atoms with Crippen LogP contribution < -0.4 is 10.6 Å². The van der Waals surface area contributed by atoms with Crippen LogP contribution in [0.15, 0.2) is 36.4 Å².